The van der Waals surface area contributed by atoms with Gasteiger partial charge in [-0.3, -0.25) is 9.59 Å². The van der Waals surface area contributed by atoms with Crippen molar-refractivity contribution < 1.29 is 23.2 Å². The summed E-state index contributed by atoms with van der Waals surface area (Å²) in [4.78, 5) is 36.8. The van der Waals surface area contributed by atoms with E-state index in [1.165, 1.54) is 41.3 Å². The Kier molecular flexibility index (Phi) is 6.38. The molecule has 4 amide bonds. The van der Waals surface area contributed by atoms with Gasteiger partial charge >= 0.3 is 6.03 Å². The normalized spacial score (nSPS) is 13.3. The van der Waals surface area contributed by atoms with Gasteiger partial charge in [-0.05, 0) is 42.3 Å². The first-order valence-corrected chi connectivity index (χ1v) is 9.08. The van der Waals surface area contributed by atoms with E-state index in [9.17, 15) is 23.2 Å². The Bertz CT molecular complexity index is 918. The molecular formula is C20H20F2N4O3. The Morgan fingerprint density at radius 1 is 1.03 bits per heavy atom. The van der Waals surface area contributed by atoms with Crippen LogP contribution in [0.15, 0.2) is 42.5 Å². The van der Waals surface area contributed by atoms with Gasteiger partial charge in [0.25, 0.3) is 0 Å². The molecule has 152 valence electrons. The molecule has 0 radical (unpaired) electrons. The molecule has 3 N–H and O–H groups in total. The molecule has 0 atom stereocenters. The van der Waals surface area contributed by atoms with E-state index in [-0.39, 0.29) is 36.2 Å². The third-order valence-corrected chi connectivity index (χ3v) is 4.37. The fraction of sp³-hybridized carbons (Fsp3) is 0.250. The highest BCUT2D eigenvalue weighted by Gasteiger charge is 2.24. The molecule has 1 fully saturated rings. The molecule has 1 aliphatic heterocycles. The van der Waals surface area contributed by atoms with Gasteiger partial charge in [-0.25, -0.2) is 13.6 Å². The third-order valence-electron chi connectivity index (χ3n) is 4.37. The summed E-state index contributed by atoms with van der Waals surface area (Å²) in [7, 11) is 0. The monoisotopic (exact) mass is 402 g/mol. The van der Waals surface area contributed by atoms with E-state index >= 15 is 0 Å². The van der Waals surface area contributed by atoms with Crippen molar-refractivity contribution in [3.05, 3.63) is 59.7 Å². The topological polar surface area (TPSA) is 90.5 Å². The quantitative estimate of drug-likeness (QED) is 0.694. The minimum atomic E-state index is -0.608. The van der Waals surface area contributed by atoms with Crippen LogP contribution in [0.25, 0.3) is 0 Å². The molecule has 3 rings (SSSR count). The second-order valence-electron chi connectivity index (χ2n) is 6.53. The largest absolute Gasteiger partial charge is 0.334 e. The standard InChI is InChI=1S/C20H20F2N4O3/c21-14-5-3-13(4-6-14)11-23-20(29)24-12-18(27)25-15-7-8-17(16(22)10-15)26-9-1-2-19(26)28/h3-8,10H,1-2,9,11-12H2,(H,25,27)(H2,23,24,29). The number of hydrogen-bond acceptors (Lipinski definition) is 3. The Morgan fingerprint density at radius 2 is 1.79 bits per heavy atom. The molecule has 0 saturated carbocycles. The highest BCUT2D eigenvalue weighted by Crippen LogP contribution is 2.26. The number of urea groups is 1. The zero-order chi connectivity index (χ0) is 20.8. The second kappa shape index (κ2) is 9.13. The van der Waals surface area contributed by atoms with E-state index in [0.29, 0.717) is 24.9 Å². The van der Waals surface area contributed by atoms with Gasteiger partial charge in [-0.2, -0.15) is 0 Å². The minimum absolute atomic E-state index is 0.128. The maximum atomic E-state index is 14.3. The van der Waals surface area contributed by atoms with Crippen LogP contribution in [0.1, 0.15) is 18.4 Å². The summed E-state index contributed by atoms with van der Waals surface area (Å²) >= 11 is 0. The van der Waals surface area contributed by atoms with Crippen LogP contribution in [0.3, 0.4) is 0 Å². The van der Waals surface area contributed by atoms with Crippen molar-refractivity contribution in [2.24, 2.45) is 0 Å². The number of benzene rings is 2. The number of carbonyl (C=O) groups excluding carboxylic acids is 3. The molecule has 7 nitrogen and oxygen atoms in total. The van der Waals surface area contributed by atoms with Gasteiger partial charge in [0.05, 0.1) is 12.2 Å². The molecule has 0 aliphatic carbocycles. The first-order chi connectivity index (χ1) is 13.9. The van der Waals surface area contributed by atoms with Crippen LogP contribution in [0.4, 0.5) is 25.0 Å². The molecule has 29 heavy (non-hydrogen) atoms. The SMILES string of the molecule is O=C(CNC(=O)NCc1ccc(F)cc1)Nc1ccc(N2CCCC2=O)c(F)c1. The maximum Gasteiger partial charge on any atom is 0.315 e. The van der Waals surface area contributed by atoms with Crippen molar-refractivity contribution in [3.63, 3.8) is 0 Å². The number of anilines is 2. The second-order valence-corrected chi connectivity index (χ2v) is 6.53. The fourth-order valence-electron chi connectivity index (χ4n) is 2.92. The highest BCUT2D eigenvalue weighted by molar-refractivity contribution is 5.97. The average molecular weight is 402 g/mol. The Labute approximate surface area is 166 Å². The lowest BCUT2D eigenvalue weighted by molar-refractivity contribution is -0.117. The Hall–Kier alpha value is -3.49. The molecule has 1 saturated heterocycles. The van der Waals surface area contributed by atoms with E-state index in [0.717, 1.165) is 6.07 Å². The predicted molar refractivity (Wildman–Crippen MR) is 103 cm³/mol. The van der Waals surface area contributed by atoms with Gasteiger partial charge in [0.2, 0.25) is 11.8 Å². The van der Waals surface area contributed by atoms with Crippen molar-refractivity contribution in [3.8, 4) is 0 Å². The summed E-state index contributed by atoms with van der Waals surface area (Å²) in [6.07, 6.45) is 1.08. The van der Waals surface area contributed by atoms with Crippen LogP contribution >= 0.6 is 0 Å². The number of halogens is 2. The van der Waals surface area contributed by atoms with Gasteiger partial charge in [0.1, 0.15) is 11.6 Å². The van der Waals surface area contributed by atoms with Crippen LogP contribution in [0, 0.1) is 11.6 Å². The van der Waals surface area contributed by atoms with Gasteiger partial charge in [0, 0.05) is 25.2 Å². The number of nitrogens with zero attached hydrogens (tertiary/aromatic N) is 1. The molecule has 0 aromatic heterocycles. The summed E-state index contributed by atoms with van der Waals surface area (Å²) in [5.74, 6) is -1.64. The van der Waals surface area contributed by atoms with Crippen LogP contribution < -0.4 is 20.9 Å². The first kappa shape index (κ1) is 20.2. The molecule has 0 spiro atoms. The zero-order valence-electron chi connectivity index (χ0n) is 15.5. The van der Waals surface area contributed by atoms with Crippen LogP contribution in [-0.4, -0.2) is 30.9 Å². The molecular weight excluding hydrogens is 382 g/mol. The molecule has 1 aliphatic rings. The van der Waals surface area contributed by atoms with Gasteiger partial charge in [0.15, 0.2) is 0 Å². The predicted octanol–water partition coefficient (Wildman–Crippen LogP) is 2.53. The highest BCUT2D eigenvalue weighted by atomic mass is 19.1. The zero-order valence-corrected chi connectivity index (χ0v) is 15.5. The third kappa shape index (κ3) is 5.50. The molecule has 0 unspecified atom stereocenters. The number of nitrogens with one attached hydrogen (secondary N) is 3. The summed E-state index contributed by atoms with van der Waals surface area (Å²) in [6.45, 7) is 0.331. The fourth-order valence-corrected chi connectivity index (χ4v) is 2.92. The van der Waals surface area contributed by atoms with Crippen molar-refractivity contribution in [2.45, 2.75) is 19.4 Å². The lowest BCUT2D eigenvalue weighted by Gasteiger charge is -2.17. The summed E-state index contributed by atoms with van der Waals surface area (Å²) in [5, 5.41) is 7.40. The van der Waals surface area contributed by atoms with Gasteiger partial charge < -0.3 is 20.9 Å². The van der Waals surface area contributed by atoms with Crippen molar-refractivity contribution in [2.75, 3.05) is 23.3 Å². The smallest absolute Gasteiger partial charge is 0.315 e. The Morgan fingerprint density at radius 3 is 2.45 bits per heavy atom. The molecule has 9 heteroatoms. The summed E-state index contributed by atoms with van der Waals surface area (Å²) < 4.78 is 27.1. The average Bonchev–Trinajstić information content (AvgIpc) is 3.12. The van der Waals surface area contributed by atoms with Crippen LogP contribution in [0.5, 0.6) is 0 Å². The van der Waals surface area contributed by atoms with E-state index < -0.39 is 17.8 Å². The number of rotatable bonds is 6. The van der Waals surface area contributed by atoms with E-state index in [4.69, 9.17) is 0 Å². The molecule has 0 bridgehead atoms. The maximum absolute atomic E-state index is 14.3. The van der Waals surface area contributed by atoms with Crippen molar-refractivity contribution in [1.29, 1.82) is 0 Å². The molecule has 2 aromatic rings. The van der Waals surface area contributed by atoms with E-state index in [1.807, 2.05) is 0 Å². The van der Waals surface area contributed by atoms with Crippen LogP contribution in [-0.2, 0) is 16.1 Å². The van der Waals surface area contributed by atoms with Gasteiger partial charge in [-0.15, -0.1) is 0 Å². The first-order valence-electron chi connectivity index (χ1n) is 9.08. The number of amides is 4. The number of carbonyl (C=O) groups is 3. The Balaban J connectivity index is 1.45. The molecule has 1 heterocycles. The number of hydrogen-bond donors (Lipinski definition) is 3. The van der Waals surface area contributed by atoms with E-state index in [1.54, 1.807) is 0 Å². The summed E-state index contributed by atoms with van der Waals surface area (Å²) in [6, 6.07) is 9.14. The van der Waals surface area contributed by atoms with Gasteiger partial charge in [-0.1, -0.05) is 12.1 Å². The lowest BCUT2D eigenvalue weighted by atomic mass is 10.2. The van der Waals surface area contributed by atoms with Crippen LogP contribution in [0.2, 0.25) is 0 Å². The molecule has 2 aromatic carbocycles. The van der Waals surface area contributed by atoms with Crippen molar-refractivity contribution >= 4 is 29.2 Å². The summed E-state index contributed by atoms with van der Waals surface area (Å²) in [5.41, 5.74) is 1.11. The lowest BCUT2D eigenvalue weighted by Crippen LogP contribution is -2.39. The van der Waals surface area contributed by atoms with E-state index in [2.05, 4.69) is 16.0 Å². The minimum Gasteiger partial charge on any atom is -0.334 e. The van der Waals surface area contributed by atoms with Crippen molar-refractivity contribution in [1.82, 2.24) is 10.6 Å².